The van der Waals surface area contributed by atoms with Gasteiger partial charge in [-0.15, -0.1) is 0 Å². The fourth-order valence-electron chi connectivity index (χ4n) is 2.15. The molecule has 98 valence electrons. The maximum atomic E-state index is 4.43. The Morgan fingerprint density at radius 2 is 2.06 bits per heavy atom. The van der Waals surface area contributed by atoms with Crippen LogP contribution in [-0.4, -0.2) is 22.1 Å². The minimum Gasteiger partial charge on any atom is -0.333 e. The number of hydrogen-bond donors (Lipinski definition) is 1. The standard InChI is InChI=1S/C14H27N3/c1-4-7-13(15-9-6-3)12-17-11-10-16-14(17)8-5-2/h10-11,13,15H,4-9,12H2,1-3H3. The summed E-state index contributed by atoms with van der Waals surface area (Å²) in [5, 5.41) is 3.63. The van der Waals surface area contributed by atoms with E-state index in [1.54, 1.807) is 0 Å². The van der Waals surface area contributed by atoms with Crippen molar-refractivity contribution in [3.63, 3.8) is 0 Å². The van der Waals surface area contributed by atoms with Gasteiger partial charge in [0.05, 0.1) is 0 Å². The van der Waals surface area contributed by atoms with Crippen molar-refractivity contribution in [3.8, 4) is 0 Å². The van der Waals surface area contributed by atoms with Gasteiger partial charge in [-0.25, -0.2) is 4.98 Å². The van der Waals surface area contributed by atoms with Crippen LogP contribution < -0.4 is 5.32 Å². The molecular weight excluding hydrogens is 210 g/mol. The second-order valence-electron chi connectivity index (χ2n) is 4.69. The maximum Gasteiger partial charge on any atom is 0.108 e. The van der Waals surface area contributed by atoms with Crippen molar-refractivity contribution in [1.29, 1.82) is 0 Å². The van der Waals surface area contributed by atoms with Crippen LogP contribution in [0.15, 0.2) is 12.4 Å². The number of hydrogen-bond acceptors (Lipinski definition) is 2. The molecular formula is C14H27N3. The van der Waals surface area contributed by atoms with Crippen LogP contribution in [0.25, 0.3) is 0 Å². The highest BCUT2D eigenvalue weighted by Crippen LogP contribution is 2.06. The highest BCUT2D eigenvalue weighted by molar-refractivity contribution is 4.93. The summed E-state index contributed by atoms with van der Waals surface area (Å²) in [6, 6.07) is 0.588. The molecule has 0 aliphatic rings. The zero-order chi connectivity index (χ0) is 12.5. The molecule has 1 aromatic rings. The summed E-state index contributed by atoms with van der Waals surface area (Å²) in [4.78, 5) is 4.43. The Kier molecular flexibility index (Phi) is 6.94. The fraction of sp³-hybridized carbons (Fsp3) is 0.786. The number of nitrogens with one attached hydrogen (secondary N) is 1. The lowest BCUT2D eigenvalue weighted by atomic mass is 10.1. The number of rotatable bonds is 9. The molecule has 1 atom stereocenters. The van der Waals surface area contributed by atoms with E-state index < -0.39 is 0 Å². The average molecular weight is 237 g/mol. The van der Waals surface area contributed by atoms with Gasteiger partial charge in [0.1, 0.15) is 5.82 Å². The average Bonchev–Trinajstić information content (AvgIpc) is 2.74. The third-order valence-corrected chi connectivity index (χ3v) is 3.01. The number of nitrogens with zero attached hydrogens (tertiary/aromatic N) is 2. The van der Waals surface area contributed by atoms with Crippen molar-refractivity contribution >= 4 is 0 Å². The molecule has 1 heterocycles. The summed E-state index contributed by atoms with van der Waals surface area (Å²) >= 11 is 0. The van der Waals surface area contributed by atoms with Gasteiger partial charge in [0.2, 0.25) is 0 Å². The number of aryl methyl sites for hydroxylation is 1. The van der Waals surface area contributed by atoms with Crippen LogP contribution in [0.2, 0.25) is 0 Å². The van der Waals surface area contributed by atoms with Gasteiger partial charge in [-0.3, -0.25) is 0 Å². The molecule has 1 rings (SSSR count). The summed E-state index contributed by atoms with van der Waals surface area (Å²) in [7, 11) is 0. The first kappa shape index (κ1) is 14.2. The van der Waals surface area contributed by atoms with Crippen LogP contribution >= 0.6 is 0 Å². The van der Waals surface area contributed by atoms with Crippen molar-refractivity contribution < 1.29 is 0 Å². The highest BCUT2D eigenvalue weighted by atomic mass is 15.1. The molecule has 17 heavy (non-hydrogen) atoms. The Balaban J connectivity index is 2.54. The third kappa shape index (κ3) is 4.90. The van der Waals surface area contributed by atoms with Crippen molar-refractivity contribution in [1.82, 2.24) is 14.9 Å². The van der Waals surface area contributed by atoms with Crippen LogP contribution in [0.4, 0.5) is 0 Å². The van der Waals surface area contributed by atoms with Gasteiger partial charge in [0.25, 0.3) is 0 Å². The highest BCUT2D eigenvalue weighted by Gasteiger charge is 2.09. The Morgan fingerprint density at radius 1 is 1.24 bits per heavy atom. The van der Waals surface area contributed by atoms with E-state index in [9.17, 15) is 0 Å². The molecule has 0 aliphatic carbocycles. The summed E-state index contributed by atoms with van der Waals surface area (Å²) in [6.45, 7) is 8.85. The molecule has 1 N–H and O–H groups in total. The first-order valence-electron chi connectivity index (χ1n) is 7.05. The molecule has 0 bridgehead atoms. The van der Waals surface area contributed by atoms with E-state index >= 15 is 0 Å². The third-order valence-electron chi connectivity index (χ3n) is 3.01. The van der Waals surface area contributed by atoms with E-state index in [1.165, 1.54) is 25.1 Å². The minimum absolute atomic E-state index is 0.588. The second kappa shape index (κ2) is 8.29. The van der Waals surface area contributed by atoms with Crippen LogP contribution in [0.3, 0.4) is 0 Å². The molecule has 0 spiro atoms. The van der Waals surface area contributed by atoms with E-state index in [2.05, 4.69) is 41.8 Å². The normalized spacial score (nSPS) is 12.9. The lowest BCUT2D eigenvalue weighted by Gasteiger charge is -2.19. The monoisotopic (exact) mass is 237 g/mol. The lowest BCUT2D eigenvalue weighted by molar-refractivity contribution is 0.413. The summed E-state index contributed by atoms with van der Waals surface area (Å²) < 4.78 is 2.31. The van der Waals surface area contributed by atoms with Crippen LogP contribution in [-0.2, 0) is 13.0 Å². The van der Waals surface area contributed by atoms with E-state index in [4.69, 9.17) is 0 Å². The molecule has 0 saturated carbocycles. The van der Waals surface area contributed by atoms with Gasteiger partial charge >= 0.3 is 0 Å². The van der Waals surface area contributed by atoms with Gasteiger partial charge < -0.3 is 9.88 Å². The molecule has 0 fully saturated rings. The van der Waals surface area contributed by atoms with Crippen LogP contribution in [0.5, 0.6) is 0 Å². The number of imidazole rings is 1. The van der Waals surface area contributed by atoms with Gasteiger partial charge in [0, 0.05) is 31.4 Å². The van der Waals surface area contributed by atoms with Crippen molar-refractivity contribution in [2.24, 2.45) is 0 Å². The zero-order valence-corrected chi connectivity index (χ0v) is 11.6. The van der Waals surface area contributed by atoms with E-state index in [1.807, 2.05) is 6.20 Å². The van der Waals surface area contributed by atoms with Gasteiger partial charge in [0.15, 0.2) is 0 Å². The predicted octanol–water partition coefficient (Wildman–Crippen LogP) is 3.00. The molecule has 0 radical (unpaired) electrons. The Hall–Kier alpha value is -0.830. The molecule has 1 unspecified atom stereocenters. The summed E-state index contributed by atoms with van der Waals surface area (Å²) in [6.07, 6.45) is 9.96. The van der Waals surface area contributed by atoms with Crippen LogP contribution in [0.1, 0.15) is 52.3 Å². The lowest BCUT2D eigenvalue weighted by Crippen LogP contribution is -2.34. The van der Waals surface area contributed by atoms with Crippen molar-refractivity contribution in [2.75, 3.05) is 6.54 Å². The SMILES string of the molecule is CCCNC(CCC)Cn1ccnc1CCC. The first-order valence-corrected chi connectivity index (χ1v) is 7.05. The molecule has 0 amide bonds. The predicted molar refractivity (Wildman–Crippen MR) is 73.2 cm³/mol. The van der Waals surface area contributed by atoms with Crippen molar-refractivity contribution in [3.05, 3.63) is 18.2 Å². The summed E-state index contributed by atoms with van der Waals surface area (Å²) in [5.74, 6) is 1.23. The second-order valence-corrected chi connectivity index (χ2v) is 4.69. The largest absolute Gasteiger partial charge is 0.333 e. The molecule has 3 heteroatoms. The van der Waals surface area contributed by atoms with E-state index in [0.29, 0.717) is 6.04 Å². The maximum absolute atomic E-state index is 4.43. The molecule has 0 saturated heterocycles. The van der Waals surface area contributed by atoms with E-state index in [-0.39, 0.29) is 0 Å². The van der Waals surface area contributed by atoms with Gasteiger partial charge in [-0.05, 0) is 25.8 Å². The fourth-order valence-corrected chi connectivity index (χ4v) is 2.15. The van der Waals surface area contributed by atoms with Gasteiger partial charge in [-0.1, -0.05) is 27.2 Å². The topological polar surface area (TPSA) is 29.9 Å². The first-order chi connectivity index (χ1) is 8.31. The number of aromatic nitrogens is 2. The van der Waals surface area contributed by atoms with E-state index in [0.717, 1.165) is 25.9 Å². The molecule has 1 aromatic heterocycles. The van der Waals surface area contributed by atoms with Crippen molar-refractivity contribution in [2.45, 2.75) is 65.5 Å². The molecule has 0 aromatic carbocycles. The molecule has 0 aliphatic heterocycles. The smallest absolute Gasteiger partial charge is 0.108 e. The van der Waals surface area contributed by atoms with Crippen LogP contribution in [0, 0.1) is 0 Å². The Labute approximate surface area is 106 Å². The minimum atomic E-state index is 0.588. The quantitative estimate of drug-likeness (QED) is 0.715. The Morgan fingerprint density at radius 3 is 2.71 bits per heavy atom. The zero-order valence-electron chi connectivity index (χ0n) is 11.6. The molecule has 3 nitrogen and oxygen atoms in total. The Bertz CT molecular complexity index is 293. The van der Waals surface area contributed by atoms with Gasteiger partial charge in [-0.2, -0.15) is 0 Å². The summed E-state index contributed by atoms with van der Waals surface area (Å²) in [5.41, 5.74) is 0.